The van der Waals surface area contributed by atoms with E-state index < -0.39 is 5.41 Å². The zero-order chi connectivity index (χ0) is 13.8. The highest BCUT2D eigenvalue weighted by molar-refractivity contribution is 6.02. The van der Waals surface area contributed by atoms with Gasteiger partial charge in [-0.05, 0) is 19.1 Å². The van der Waals surface area contributed by atoms with E-state index in [4.69, 9.17) is 5.26 Å². The monoisotopic (exact) mass is 242 g/mol. The van der Waals surface area contributed by atoms with Crippen LogP contribution in [0.1, 0.15) is 26.3 Å². The third-order valence-electron chi connectivity index (χ3n) is 2.48. The second-order valence-electron chi connectivity index (χ2n) is 5.26. The molecule has 0 saturated heterocycles. The van der Waals surface area contributed by atoms with E-state index in [1.54, 1.807) is 20.8 Å². The van der Waals surface area contributed by atoms with Crippen molar-refractivity contribution >= 4 is 11.5 Å². The van der Waals surface area contributed by atoms with Crippen molar-refractivity contribution in [1.29, 1.82) is 5.26 Å². The van der Waals surface area contributed by atoms with Gasteiger partial charge in [-0.2, -0.15) is 5.26 Å². The Morgan fingerprint density at radius 1 is 1.28 bits per heavy atom. The number of Topliss-reactive ketones (excluding diaryl/α,β-unsaturated/α-hetero) is 1. The lowest BCUT2D eigenvalue weighted by atomic mass is 9.87. The van der Waals surface area contributed by atoms with Crippen molar-refractivity contribution < 1.29 is 4.79 Å². The third kappa shape index (κ3) is 3.74. The number of carbonyl (C=O) groups is 1. The van der Waals surface area contributed by atoms with Gasteiger partial charge in [0.25, 0.3) is 0 Å². The van der Waals surface area contributed by atoms with Crippen molar-refractivity contribution in [1.82, 2.24) is 0 Å². The Labute approximate surface area is 108 Å². The Bertz CT molecular complexity index is 499. The van der Waals surface area contributed by atoms with E-state index >= 15 is 0 Å². The summed E-state index contributed by atoms with van der Waals surface area (Å²) in [5, 5.41) is 12.0. The number of nitrogens with zero attached hydrogens (tertiary/aromatic N) is 1. The Morgan fingerprint density at radius 3 is 2.28 bits per heavy atom. The molecule has 0 fully saturated rings. The van der Waals surface area contributed by atoms with Crippen LogP contribution in [0.25, 0.3) is 0 Å². The second-order valence-corrected chi connectivity index (χ2v) is 5.26. The normalized spacial score (nSPS) is 11.8. The number of hydrogen-bond donors (Lipinski definition) is 1. The highest BCUT2D eigenvalue weighted by Gasteiger charge is 2.24. The maximum absolute atomic E-state index is 11.9. The average Bonchev–Trinajstić information content (AvgIpc) is 2.31. The molecule has 0 bridgehead atoms. The number of nitriles is 1. The predicted octanol–water partition coefficient (Wildman–Crippen LogP) is 3.43. The Hall–Kier alpha value is -2.08. The second kappa shape index (κ2) is 5.50. The lowest BCUT2D eigenvalue weighted by molar-refractivity contribution is -0.122. The van der Waals surface area contributed by atoms with Gasteiger partial charge in [-0.25, -0.2) is 0 Å². The van der Waals surface area contributed by atoms with E-state index in [9.17, 15) is 4.79 Å². The van der Waals surface area contributed by atoms with Gasteiger partial charge >= 0.3 is 0 Å². The van der Waals surface area contributed by atoms with Crippen LogP contribution >= 0.6 is 0 Å². The third-order valence-corrected chi connectivity index (χ3v) is 2.48. The molecule has 0 spiro atoms. The molecule has 0 atom stereocenters. The molecule has 1 N–H and O–H groups in total. The summed E-state index contributed by atoms with van der Waals surface area (Å²) in [5.74, 6) is -0.162. The molecule has 94 valence electrons. The largest absolute Gasteiger partial charge is 0.360 e. The first-order chi connectivity index (χ1) is 8.34. The minimum atomic E-state index is -0.545. The lowest BCUT2D eigenvalue weighted by Gasteiger charge is -2.15. The average molecular weight is 242 g/mol. The van der Waals surface area contributed by atoms with Crippen LogP contribution in [-0.2, 0) is 4.79 Å². The van der Waals surface area contributed by atoms with E-state index in [1.807, 2.05) is 37.3 Å². The molecule has 1 rings (SSSR count). The van der Waals surface area contributed by atoms with Gasteiger partial charge in [-0.3, -0.25) is 4.79 Å². The number of anilines is 1. The molecule has 0 radical (unpaired) electrons. The number of hydrogen-bond acceptors (Lipinski definition) is 3. The number of allylic oxidation sites excluding steroid dienone is 1. The van der Waals surface area contributed by atoms with E-state index in [2.05, 4.69) is 5.32 Å². The summed E-state index contributed by atoms with van der Waals surface area (Å²) >= 11 is 0. The molecular formula is C15H18N2O. The summed E-state index contributed by atoms with van der Waals surface area (Å²) in [4.78, 5) is 11.9. The smallest absolute Gasteiger partial charge is 0.180 e. The molecule has 0 aliphatic heterocycles. The fourth-order valence-corrected chi connectivity index (χ4v) is 1.36. The topological polar surface area (TPSA) is 52.9 Å². The van der Waals surface area contributed by atoms with Crippen LogP contribution in [0.2, 0.25) is 0 Å². The molecule has 3 heteroatoms. The quantitative estimate of drug-likeness (QED) is 0.652. The zero-order valence-corrected chi connectivity index (χ0v) is 11.2. The van der Waals surface area contributed by atoms with Crippen LogP contribution < -0.4 is 5.32 Å². The molecule has 18 heavy (non-hydrogen) atoms. The lowest BCUT2D eigenvalue weighted by Crippen LogP contribution is -2.22. The van der Waals surface area contributed by atoms with Crippen LogP contribution in [0.15, 0.2) is 36.0 Å². The van der Waals surface area contributed by atoms with Crippen molar-refractivity contribution in [2.24, 2.45) is 5.41 Å². The van der Waals surface area contributed by atoms with Gasteiger partial charge in [-0.1, -0.05) is 38.5 Å². The van der Waals surface area contributed by atoms with Crippen LogP contribution in [0.4, 0.5) is 5.69 Å². The fraction of sp³-hybridized carbons (Fsp3) is 0.333. The molecule has 0 amide bonds. The Balaban J connectivity index is 2.85. The van der Waals surface area contributed by atoms with Crippen LogP contribution in [0.5, 0.6) is 0 Å². The molecule has 0 unspecified atom stereocenters. The number of rotatable bonds is 3. The highest BCUT2D eigenvalue weighted by Crippen LogP contribution is 2.19. The van der Waals surface area contributed by atoms with Crippen LogP contribution in [-0.4, -0.2) is 5.78 Å². The Morgan fingerprint density at radius 2 is 1.83 bits per heavy atom. The van der Waals surface area contributed by atoms with E-state index in [0.29, 0.717) is 0 Å². The standard InChI is InChI=1S/C15H18N2O/c1-11-5-7-13(8-6-11)17-10-12(9-16)14(18)15(2,3)4/h5-8,10,17H,1-4H3/b12-10-. The number of benzene rings is 1. The molecule has 0 saturated carbocycles. The number of carbonyl (C=O) groups excluding carboxylic acids is 1. The zero-order valence-electron chi connectivity index (χ0n) is 11.2. The van der Waals surface area contributed by atoms with Gasteiger partial charge in [-0.15, -0.1) is 0 Å². The minimum Gasteiger partial charge on any atom is -0.360 e. The summed E-state index contributed by atoms with van der Waals surface area (Å²) in [6, 6.07) is 9.68. The molecule has 1 aromatic carbocycles. The molecule has 3 nitrogen and oxygen atoms in total. The maximum Gasteiger partial charge on any atom is 0.180 e. The van der Waals surface area contributed by atoms with Crippen LogP contribution in [0.3, 0.4) is 0 Å². The summed E-state index contributed by atoms with van der Waals surface area (Å²) < 4.78 is 0. The first-order valence-electron chi connectivity index (χ1n) is 5.83. The van der Waals surface area contributed by atoms with Crippen molar-refractivity contribution in [3.63, 3.8) is 0 Å². The maximum atomic E-state index is 11.9. The summed E-state index contributed by atoms with van der Waals surface area (Å²) in [7, 11) is 0. The minimum absolute atomic E-state index is 0.142. The number of nitrogens with one attached hydrogen (secondary N) is 1. The first kappa shape index (κ1) is 14.0. The van der Waals surface area contributed by atoms with Crippen molar-refractivity contribution in [2.75, 3.05) is 5.32 Å². The molecule has 0 aliphatic carbocycles. The van der Waals surface area contributed by atoms with E-state index in [-0.39, 0.29) is 11.4 Å². The first-order valence-corrected chi connectivity index (χ1v) is 5.83. The van der Waals surface area contributed by atoms with Crippen LogP contribution in [0, 0.1) is 23.7 Å². The fourth-order valence-electron chi connectivity index (χ4n) is 1.36. The van der Waals surface area contributed by atoms with E-state index in [0.717, 1.165) is 11.3 Å². The van der Waals surface area contributed by atoms with Gasteiger partial charge in [0.15, 0.2) is 5.78 Å². The molecule has 0 aliphatic rings. The summed E-state index contributed by atoms with van der Waals surface area (Å²) in [6.45, 7) is 7.40. The molecule has 0 aromatic heterocycles. The van der Waals surface area contributed by atoms with Crippen molar-refractivity contribution in [2.45, 2.75) is 27.7 Å². The van der Waals surface area contributed by atoms with Gasteiger partial charge in [0.2, 0.25) is 0 Å². The molecule has 1 aromatic rings. The van der Waals surface area contributed by atoms with Gasteiger partial charge in [0, 0.05) is 17.3 Å². The number of ketones is 1. The number of aryl methyl sites for hydroxylation is 1. The van der Waals surface area contributed by atoms with Crippen molar-refractivity contribution in [3.05, 3.63) is 41.6 Å². The van der Waals surface area contributed by atoms with Gasteiger partial charge < -0.3 is 5.32 Å². The summed E-state index contributed by atoms with van der Waals surface area (Å²) in [5.41, 5.74) is 1.62. The highest BCUT2D eigenvalue weighted by atomic mass is 16.1. The van der Waals surface area contributed by atoms with Gasteiger partial charge in [0.1, 0.15) is 11.6 Å². The van der Waals surface area contributed by atoms with Gasteiger partial charge in [0.05, 0.1) is 0 Å². The summed E-state index contributed by atoms with van der Waals surface area (Å²) in [6.07, 6.45) is 1.47. The Kier molecular flexibility index (Phi) is 4.28. The SMILES string of the molecule is Cc1ccc(N/C=C(/C#N)C(=O)C(C)(C)C)cc1. The molecule has 0 heterocycles. The van der Waals surface area contributed by atoms with Crippen molar-refractivity contribution in [3.8, 4) is 6.07 Å². The predicted molar refractivity (Wildman–Crippen MR) is 73.0 cm³/mol. The molecular weight excluding hydrogens is 224 g/mol. The van der Waals surface area contributed by atoms with E-state index in [1.165, 1.54) is 6.20 Å².